The van der Waals surface area contributed by atoms with Gasteiger partial charge in [-0.3, -0.25) is 14.3 Å². The zero-order valence-electron chi connectivity index (χ0n) is 15.9. The summed E-state index contributed by atoms with van der Waals surface area (Å²) >= 11 is 3.40. The summed E-state index contributed by atoms with van der Waals surface area (Å²) in [6, 6.07) is 7.72. The molecule has 2 N–H and O–H groups in total. The lowest BCUT2D eigenvalue weighted by Gasteiger charge is -2.07. The number of unbranched alkanes of at least 4 members (excludes halogenated alkanes) is 3. The average molecular weight is 447 g/mol. The Morgan fingerprint density at radius 3 is 2.68 bits per heavy atom. The number of aromatic amines is 1. The molecule has 0 bridgehead atoms. The number of fused-ring (bicyclic) bond motifs is 1. The SMILES string of the molecule is CCCCCCn1c(N/N=C/c2ccc(Br)cc2)nc2c1c(=O)[nH]c(=O)n2C. The number of imidazole rings is 1. The van der Waals surface area contributed by atoms with Crippen LogP contribution in [0.5, 0.6) is 0 Å². The fraction of sp³-hybridized carbons (Fsp3) is 0.368. The maximum atomic E-state index is 12.4. The molecule has 0 unspecified atom stereocenters. The molecule has 8 nitrogen and oxygen atoms in total. The van der Waals surface area contributed by atoms with Crippen molar-refractivity contribution in [3.63, 3.8) is 0 Å². The van der Waals surface area contributed by atoms with E-state index in [0.717, 1.165) is 35.7 Å². The summed E-state index contributed by atoms with van der Waals surface area (Å²) in [6.45, 7) is 2.77. The molecule has 0 saturated heterocycles. The highest BCUT2D eigenvalue weighted by molar-refractivity contribution is 9.10. The fourth-order valence-corrected chi connectivity index (χ4v) is 3.21. The van der Waals surface area contributed by atoms with Gasteiger partial charge in [-0.2, -0.15) is 10.1 Å². The highest BCUT2D eigenvalue weighted by atomic mass is 79.9. The van der Waals surface area contributed by atoms with Crippen LogP contribution in [0.25, 0.3) is 11.2 Å². The Morgan fingerprint density at radius 2 is 1.96 bits per heavy atom. The van der Waals surface area contributed by atoms with Crippen LogP contribution in [0.4, 0.5) is 5.95 Å². The molecular formula is C19H23BrN6O2. The lowest BCUT2D eigenvalue weighted by atomic mass is 10.2. The Kier molecular flexibility index (Phi) is 6.45. The number of aryl methyl sites for hydroxylation is 2. The van der Waals surface area contributed by atoms with Gasteiger partial charge >= 0.3 is 5.69 Å². The third kappa shape index (κ3) is 4.41. The highest BCUT2D eigenvalue weighted by Gasteiger charge is 2.16. The Morgan fingerprint density at radius 1 is 1.21 bits per heavy atom. The van der Waals surface area contributed by atoms with Crippen molar-refractivity contribution in [2.75, 3.05) is 5.43 Å². The topological polar surface area (TPSA) is 97.1 Å². The number of hydrogen-bond donors (Lipinski definition) is 2. The van der Waals surface area contributed by atoms with Gasteiger partial charge in [-0.25, -0.2) is 10.2 Å². The number of rotatable bonds is 8. The molecule has 0 spiro atoms. The molecule has 0 fully saturated rings. The van der Waals surface area contributed by atoms with E-state index in [9.17, 15) is 9.59 Å². The van der Waals surface area contributed by atoms with Crippen molar-refractivity contribution >= 4 is 39.3 Å². The van der Waals surface area contributed by atoms with E-state index in [2.05, 4.69) is 43.3 Å². The Balaban J connectivity index is 1.93. The summed E-state index contributed by atoms with van der Waals surface area (Å²) in [5.41, 5.74) is 3.63. The summed E-state index contributed by atoms with van der Waals surface area (Å²) in [5, 5.41) is 4.25. The van der Waals surface area contributed by atoms with Crippen LogP contribution in [0, 0.1) is 0 Å². The molecule has 2 heterocycles. The molecule has 3 rings (SSSR count). The third-order valence-corrected chi connectivity index (χ3v) is 5.02. The van der Waals surface area contributed by atoms with E-state index in [1.54, 1.807) is 17.8 Å². The first-order valence-electron chi connectivity index (χ1n) is 9.25. The predicted molar refractivity (Wildman–Crippen MR) is 115 cm³/mol. The van der Waals surface area contributed by atoms with E-state index in [0.29, 0.717) is 23.7 Å². The molecule has 2 aromatic heterocycles. The van der Waals surface area contributed by atoms with Gasteiger partial charge < -0.3 is 4.57 Å². The Labute approximate surface area is 170 Å². The van der Waals surface area contributed by atoms with Gasteiger partial charge in [-0.15, -0.1) is 0 Å². The van der Waals surface area contributed by atoms with Crippen molar-refractivity contribution in [1.29, 1.82) is 0 Å². The minimum Gasteiger partial charge on any atom is -0.303 e. The molecule has 0 aliphatic carbocycles. The van der Waals surface area contributed by atoms with Crippen LogP contribution in [-0.2, 0) is 13.6 Å². The number of benzene rings is 1. The van der Waals surface area contributed by atoms with Gasteiger partial charge in [0.25, 0.3) is 5.56 Å². The molecule has 3 aromatic rings. The summed E-state index contributed by atoms with van der Waals surface area (Å²) in [4.78, 5) is 31.1. The van der Waals surface area contributed by atoms with Crippen LogP contribution in [0.3, 0.4) is 0 Å². The number of hydrogen-bond acceptors (Lipinski definition) is 5. The third-order valence-electron chi connectivity index (χ3n) is 4.49. The minimum atomic E-state index is -0.488. The molecule has 0 aliphatic heterocycles. The summed E-state index contributed by atoms with van der Waals surface area (Å²) in [7, 11) is 1.59. The Hall–Kier alpha value is -2.68. The number of anilines is 1. The van der Waals surface area contributed by atoms with E-state index < -0.39 is 11.2 Å². The van der Waals surface area contributed by atoms with Gasteiger partial charge in [0.15, 0.2) is 11.2 Å². The summed E-state index contributed by atoms with van der Waals surface area (Å²) in [5.74, 6) is 0.437. The van der Waals surface area contributed by atoms with E-state index >= 15 is 0 Å². The molecule has 0 radical (unpaired) electrons. The second-order valence-electron chi connectivity index (χ2n) is 6.56. The standard InChI is InChI=1S/C19H23BrN6O2/c1-3-4-5-6-11-26-15-16(25(2)19(28)23-17(15)27)22-18(26)24-21-12-13-7-9-14(20)10-8-13/h7-10,12H,3-6,11H2,1-2H3,(H,22,24)(H,23,27,28)/b21-12+. The number of halogens is 1. The molecule has 0 atom stereocenters. The maximum Gasteiger partial charge on any atom is 0.329 e. The smallest absolute Gasteiger partial charge is 0.303 e. The lowest BCUT2D eigenvalue weighted by Crippen LogP contribution is -2.29. The number of H-pyrrole nitrogens is 1. The van der Waals surface area contributed by atoms with Crippen molar-refractivity contribution < 1.29 is 0 Å². The van der Waals surface area contributed by atoms with Gasteiger partial charge in [0.05, 0.1) is 6.21 Å². The van der Waals surface area contributed by atoms with Gasteiger partial charge in [0.2, 0.25) is 5.95 Å². The first-order chi connectivity index (χ1) is 13.5. The van der Waals surface area contributed by atoms with Gasteiger partial charge in [-0.1, -0.05) is 54.2 Å². The van der Waals surface area contributed by atoms with Crippen LogP contribution in [-0.4, -0.2) is 25.3 Å². The van der Waals surface area contributed by atoms with E-state index in [-0.39, 0.29) is 0 Å². The van der Waals surface area contributed by atoms with E-state index in [4.69, 9.17) is 0 Å². The lowest BCUT2D eigenvalue weighted by molar-refractivity contribution is 0.593. The predicted octanol–water partition coefficient (Wildman–Crippen LogP) is 3.21. The average Bonchev–Trinajstić information content (AvgIpc) is 3.04. The van der Waals surface area contributed by atoms with E-state index in [1.165, 1.54) is 4.57 Å². The first-order valence-corrected chi connectivity index (χ1v) is 10.0. The van der Waals surface area contributed by atoms with Gasteiger partial charge in [-0.05, 0) is 24.1 Å². The van der Waals surface area contributed by atoms with Crippen LogP contribution in [0.15, 0.2) is 43.4 Å². The largest absolute Gasteiger partial charge is 0.329 e. The van der Waals surface area contributed by atoms with Crippen molar-refractivity contribution in [3.8, 4) is 0 Å². The molecule has 0 saturated carbocycles. The minimum absolute atomic E-state index is 0.339. The second kappa shape index (κ2) is 9.01. The summed E-state index contributed by atoms with van der Waals surface area (Å²) < 4.78 is 4.12. The summed E-state index contributed by atoms with van der Waals surface area (Å²) in [6.07, 6.45) is 5.90. The van der Waals surface area contributed by atoms with Crippen LogP contribution >= 0.6 is 15.9 Å². The normalized spacial score (nSPS) is 11.5. The molecular weight excluding hydrogens is 424 g/mol. The van der Waals surface area contributed by atoms with Gasteiger partial charge in [0, 0.05) is 18.1 Å². The second-order valence-corrected chi connectivity index (χ2v) is 7.48. The Bertz CT molecular complexity index is 1090. The van der Waals surface area contributed by atoms with Crippen LogP contribution in [0.1, 0.15) is 38.2 Å². The molecule has 1 aromatic carbocycles. The van der Waals surface area contributed by atoms with Crippen LogP contribution in [0.2, 0.25) is 0 Å². The molecule has 0 amide bonds. The molecule has 0 aliphatic rings. The molecule has 9 heteroatoms. The van der Waals surface area contributed by atoms with Crippen molar-refractivity contribution in [2.24, 2.45) is 12.1 Å². The van der Waals surface area contributed by atoms with Crippen molar-refractivity contribution in [1.82, 2.24) is 19.1 Å². The van der Waals surface area contributed by atoms with Crippen LogP contribution < -0.4 is 16.7 Å². The zero-order valence-corrected chi connectivity index (χ0v) is 17.5. The quantitative estimate of drug-likeness (QED) is 0.315. The number of hydrazone groups is 1. The van der Waals surface area contributed by atoms with Crippen molar-refractivity contribution in [2.45, 2.75) is 39.2 Å². The van der Waals surface area contributed by atoms with E-state index in [1.807, 2.05) is 24.3 Å². The molecule has 148 valence electrons. The monoisotopic (exact) mass is 446 g/mol. The number of nitrogens with one attached hydrogen (secondary N) is 2. The first kappa shape index (κ1) is 20.1. The van der Waals surface area contributed by atoms with Gasteiger partial charge in [0.1, 0.15) is 0 Å². The molecule has 28 heavy (non-hydrogen) atoms. The van der Waals surface area contributed by atoms with Crippen molar-refractivity contribution in [3.05, 3.63) is 55.1 Å². The highest BCUT2D eigenvalue weighted by Crippen LogP contribution is 2.17. The zero-order chi connectivity index (χ0) is 20.1. The number of aromatic nitrogens is 4. The fourth-order valence-electron chi connectivity index (χ4n) is 2.95. The maximum absolute atomic E-state index is 12.4. The number of nitrogens with zero attached hydrogens (tertiary/aromatic N) is 4.